The molecule has 0 saturated carbocycles. The zero-order chi connectivity index (χ0) is 14.5. The average Bonchev–Trinajstić information content (AvgIpc) is 2.43. The summed E-state index contributed by atoms with van der Waals surface area (Å²) < 4.78 is 0.902. The van der Waals surface area contributed by atoms with Gasteiger partial charge in [0.05, 0.1) is 5.52 Å². The zero-order valence-corrected chi connectivity index (χ0v) is 14.4. The van der Waals surface area contributed by atoms with E-state index in [1.807, 2.05) is 24.5 Å². The second kappa shape index (κ2) is 8.41. The van der Waals surface area contributed by atoms with Crippen LogP contribution in [-0.4, -0.2) is 39.1 Å². The number of benzene rings is 1. The molecule has 0 aliphatic rings. The SMILES string of the molecule is CSCCC(Nc1ncnc2ccc(Br)cc12)C(=O)O.[Cl-]. The normalized spacial score (nSPS) is 11.7. The molecule has 0 spiro atoms. The standard InChI is InChI=1S/C13H14BrN3O2S.ClH/c1-20-5-4-11(13(18)19)17-12-9-6-8(14)2-3-10(9)15-7-16-12;/h2-3,6-7,11H,4-5H2,1H3,(H,18,19)(H,15,16,17);1H/p-1. The maximum absolute atomic E-state index is 11.3. The molecule has 0 aliphatic carbocycles. The number of hydrogen-bond acceptors (Lipinski definition) is 5. The lowest BCUT2D eigenvalue weighted by Gasteiger charge is -2.15. The molecule has 0 fully saturated rings. The third-order valence-electron chi connectivity index (χ3n) is 2.82. The Hall–Kier alpha value is -1.05. The Morgan fingerprint density at radius 1 is 1.48 bits per heavy atom. The van der Waals surface area contributed by atoms with Crippen molar-refractivity contribution in [3.05, 3.63) is 29.0 Å². The van der Waals surface area contributed by atoms with E-state index in [0.29, 0.717) is 12.2 Å². The topological polar surface area (TPSA) is 75.1 Å². The maximum atomic E-state index is 11.3. The Morgan fingerprint density at radius 2 is 2.24 bits per heavy atom. The first-order valence-corrected chi connectivity index (χ1v) is 8.19. The van der Waals surface area contributed by atoms with Crippen molar-refractivity contribution in [2.75, 3.05) is 17.3 Å². The van der Waals surface area contributed by atoms with E-state index in [4.69, 9.17) is 0 Å². The van der Waals surface area contributed by atoms with Gasteiger partial charge < -0.3 is 22.8 Å². The number of aromatic nitrogens is 2. The van der Waals surface area contributed by atoms with E-state index in [1.165, 1.54) is 6.33 Å². The van der Waals surface area contributed by atoms with Gasteiger partial charge in [0.25, 0.3) is 0 Å². The largest absolute Gasteiger partial charge is 1.00 e. The summed E-state index contributed by atoms with van der Waals surface area (Å²) >= 11 is 5.02. The minimum absolute atomic E-state index is 0. The lowest BCUT2D eigenvalue weighted by Crippen LogP contribution is -3.00. The van der Waals surface area contributed by atoms with Crippen LogP contribution in [0.2, 0.25) is 0 Å². The molecule has 21 heavy (non-hydrogen) atoms. The van der Waals surface area contributed by atoms with Gasteiger partial charge in [-0.2, -0.15) is 11.8 Å². The average molecular weight is 392 g/mol. The fourth-order valence-corrected chi connectivity index (χ4v) is 2.63. The van der Waals surface area contributed by atoms with Gasteiger partial charge in [0.2, 0.25) is 0 Å². The Bertz CT molecular complexity index is 629. The first-order valence-electron chi connectivity index (χ1n) is 6.00. The van der Waals surface area contributed by atoms with Crippen LogP contribution in [0.15, 0.2) is 29.0 Å². The molecule has 1 atom stereocenters. The van der Waals surface area contributed by atoms with Gasteiger partial charge >= 0.3 is 5.97 Å². The molecule has 2 aromatic rings. The van der Waals surface area contributed by atoms with Crippen molar-refractivity contribution in [3.63, 3.8) is 0 Å². The van der Waals surface area contributed by atoms with Gasteiger partial charge in [0.15, 0.2) is 0 Å². The van der Waals surface area contributed by atoms with Crippen molar-refractivity contribution in [3.8, 4) is 0 Å². The van der Waals surface area contributed by atoms with Crippen LogP contribution in [0.5, 0.6) is 0 Å². The van der Waals surface area contributed by atoms with E-state index in [9.17, 15) is 9.90 Å². The van der Waals surface area contributed by atoms with Crippen molar-refractivity contribution < 1.29 is 22.3 Å². The van der Waals surface area contributed by atoms with Crippen LogP contribution in [0.4, 0.5) is 5.82 Å². The summed E-state index contributed by atoms with van der Waals surface area (Å²) in [6.07, 6.45) is 3.93. The smallest absolute Gasteiger partial charge is 0.326 e. The number of hydrogen-bond donors (Lipinski definition) is 2. The minimum atomic E-state index is -0.874. The highest BCUT2D eigenvalue weighted by atomic mass is 79.9. The molecule has 1 heterocycles. The fraction of sp³-hybridized carbons (Fsp3) is 0.308. The first-order chi connectivity index (χ1) is 9.61. The van der Waals surface area contributed by atoms with Crippen molar-refractivity contribution in [2.24, 2.45) is 0 Å². The molecule has 1 aromatic heterocycles. The number of aliphatic carboxylic acids is 1. The van der Waals surface area contributed by atoms with Gasteiger partial charge in [-0.3, -0.25) is 0 Å². The Morgan fingerprint density at radius 3 is 2.90 bits per heavy atom. The summed E-state index contributed by atoms with van der Waals surface area (Å²) in [6, 6.07) is 4.98. The van der Waals surface area contributed by atoms with Crippen molar-refractivity contribution in [2.45, 2.75) is 12.5 Å². The van der Waals surface area contributed by atoms with Crippen LogP contribution in [-0.2, 0) is 4.79 Å². The third kappa shape index (κ3) is 4.72. The number of carboxylic acid groups (broad SMARTS) is 1. The van der Waals surface area contributed by atoms with Gasteiger partial charge in [0, 0.05) is 9.86 Å². The van der Waals surface area contributed by atoms with E-state index in [1.54, 1.807) is 11.8 Å². The molecule has 0 radical (unpaired) electrons. The molecule has 1 aromatic carbocycles. The fourth-order valence-electron chi connectivity index (χ4n) is 1.80. The predicted octanol–water partition coefficient (Wildman–Crippen LogP) is 0.0145. The van der Waals surface area contributed by atoms with E-state index >= 15 is 0 Å². The number of carbonyl (C=O) groups is 1. The lowest BCUT2D eigenvalue weighted by atomic mass is 10.2. The Labute approximate surface area is 141 Å². The highest BCUT2D eigenvalue weighted by molar-refractivity contribution is 9.10. The monoisotopic (exact) mass is 390 g/mol. The van der Waals surface area contributed by atoms with Crippen LogP contribution in [0.1, 0.15) is 6.42 Å². The number of nitrogens with one attached hydrogen (secondary N) is 1. The van der Waals surface area contributed by atoms with Crippen molar-refractivity contribution >= 4 is 50.4 Å². The van der Waals surface area contributed by atoms with Crippen molar-refractivity contribution in [1.82, 2.24) is 9.97 Å². The van der Waals surface area contributed by atoms with Crippen LogP contribution in [0, 0.1) is 0 Å². The molecule has 114 valence electrons. The number of halogens is 2. The molecule has 0 bridgehead atoms. The van der Waals surface area contributed by atoms with Crippen LogP contribution in [0.3, 0.4) is 0 Å². The summed E-state index contributed by atoms with van der Waals surface area (Å²) in [4.78, 5) is 19.6. The van der Waals surface area contributed by atoms with Gasteiger partial charge in [-0.15, -0.1) is 0 Å². The van der Waals surface area contributed by atoms with Gasteiger partial charge in [-0.1, -0.05) is 15.9 Å². The summed E-state index contributed by atoms with van der Waals surface area (Å²) in [7, 11) is 0. The number of fused-ring (bicyclic) bond motifs is 1. The van der Waals surface area contributed by atoms with Crippen molar-refractivity contribution in [1.29, 1.82) is 0 Å². The maximum Gasteiger partial charge on any atom is 0.326 e. The Balaban J connectivity index is 0.00000220. The molecule has 1 unspecified atom stereocenters. The summed E-state index contributed by atoms with van der Waals surface area (Å²) in [6.45, 7) is 0. The molecule has 0 saturated heterocycles. The molecule has 0 amide bonds. The molecule has 8 heteroatoms. The first kappa shape index (κ1) is 18.0. The zero-order valence-electron chi connectivity index (χ0n) is 11.2. The number of rotatable bonds is 6. The molecule has 0 aliphatic heterocycles. The number of nitrogens with zero attached hydrogens (tertiary/aromatic N) is 2. The summed E-state index contributed by atoms with van der Waals surface area (Å²) in [5, 5.41) is 13.1. The second-order valence-electron chi connectivity index (χ2n) is 4.20. The predicted molar refractivity (Wildman–Crippen MR) is 85.3 cm³/mol. The van der Waals surface area contributed by atoms with E-state index < -0.39 is 12.0 Å². The molecular formula is C13H14BrClN3O2S-. The summed E-state index contributed by atoms with van der Waals surface area (Å²) in [5.74, 6) is 0.446. The second-order valence-corrected chi connectivity index (χ2v) is 6.10. The molecule has 2 N–H and O–H groups in total. The van der Waals surface area contributed by atoms with E-state index in [2.05, 4.69) is 31.2 Å². The third-order valence-corrected chi connectivity index (χ3v) is 3.95. The van der Waals surface area contributed by atoms with Crippen LogP contribution >= 0.6 is 27.7 Å². The molecule has 5 nitrogen and oxygen atoms in total. The van der Waals surface area contributed by atoms with Gasteiger partial charge in [-0.25, -0.2) is 14.8 Å². The minimum Gasteiger partial charge on any atom is -1.00 e. The lowest BCUT2D eigenvalue weighted by molar-refractivity contribution is -0.137. The molecular weight excluding hydrogens is 378 g/mol. The molecule has 2 rings (SSSR count). The van der Waals surface area contributed by atoms with Gasteiger partial charge in [0.1, 0.15) is 18.2 Å². The number of anilines is 1. The Kier molecular flexibility index (Phi) is 7.21. The number of thioether (sulfide) groups is 1. The summed E-state index contributed by atoms with van der Waals surface area (Å²) in [5.41, 5.74) is 0.778. The highest BCUT2D eigenvalue weighted by Crippen LogP contribution is 2.24. The quantitative estimate of drug-likeness (QED) is 0.723. The highest BCUT2D eigenvalue weighted by Gasteiger charge is 2.18. The van der Waals surface area contributed by atoms with Gasteiger partial charge in [-0.05, 0) is 36.6 Å². The van der Waals surface area contributed by atoms with E-state index in [-0.39, 0.29) is 12.4 Å². The van der Waals surface area contributed by atoms with E-state index in [0.717, 1.165) is 21.1 Å². The van der Waals surface area contributed by atoms with Crippen LogP contribution in [0.25, 0.3) is 10.9 Å². The number of carboxylic acids is 1. The van der Waals surface area contributed by atoms with Crippen LogP contribution < -0.4 is 17.7 Å².